The van der Waals surface area contributed by atoms with E-state index in [9.17, 15) is 38.3 Å². The summed E-state index contributed by atoms with van der Waals surface area (Å²) < 4.78 is 41.6. The molecule has 1 aromatic carbocycles. The largest absolute Gasteiger partial charge is 0.433 e. The quantitative estimate of drug-likeness (QED) is 0.257. The molecule has 4 aromatic rings. The number of aliphatic hydroxyl groups excluding tert-OH is 2. The number of aliphatic hydroxyl groups is 2. The maximum absolute atomic E-state index is 13.7. The summed E-state index contributed by atoms with van der Waals surface area (Å²) in [6, 6.07) is 8.71. The second-order valence-corrected chi connectivity index (χ2v) is 8.30. The van der Waals surface area contributed by atoms with Crippen LogP contribution in [0.2, 0.25) is 0 Å². The van der Waals surface area contributed by atoms with Crippen molar-refractivity contribution in [2.45, 2.75) is 18.3 Å². The van der Waals surface area contributed by atoms with E-state index < -0.39 is 47.1 Å². The Hall–Kier alpha value is -3.88. The molecule has 0 aliphatic rings. The lowest BCUT2D eigenvalue weighted by Crippen LogP contribution is -2.42. The molecule has 0 spiro atoms. The zero-order chi connectivity index (χ0) is 25.3. The number of halogens is 3. The number of nitro groups is 1. The molecule has 0 saturated heterocycles. The van der Waals surface area contributed by atoms with Crippen LogP contribution in [0.5, 0.6) is 0 Å². The number of hydrogen-bond acceptors (Lipinski definition) is 8. The van der Waals surface area contributed by atoms with Crippen LogP contribution in [-0.2, 0) is 6.18 Å². The standard InChI is InChI=1S/C21H16F3N5O5S/c22-21(23,24)17-8-13(16-2-1-7-35-16)25-18-9-14(27-28(17)18)20(32)26-15(10-30)19(31)11-3-5-12(6-4-11)29(33)34/h1-9,15,19,30-31H,10H2,(H,26,32). The molecule has 0 saturated carbocycles. The highest BCUT2D eigenvalue weighted by Gasteiger charge is 2.36. The summed E-state index contributed by atoms with van der Waals surface area (Å²) in [6.07, 6.45) is -6.25. The molecular formula is C21H16F3N5O5S. The number of carbonyl (C=O) groups is 1. The van der Waals surface area contributed by atoms with E-state index in [0.717, 1.165) is 24.3 Å². The van der Waals surface area contributed by atoms with Gasteiger partial charge in [-0.15, -0.1) is 11.3 Å². The maximum Gasteiger partial charge on any atom is 0.433 e. The highest BCUT2D eigenvalue weighted by atomic mass is 32.1. The predicted octanol–water partition coefficient (Wildman–Crippen LogP) is 3.21. The minimum absolute atomic E-state index is 0.0634. The van der Waals surface area contributed by atoms with Crippen molar-refractivity contribution in [3.8, 4) is 10.6 Å². The fraction of sp³-hybridized carbons (Fsp3) is 0.190. The Bertz CT molecular complexity index is 1370. The average Bonchev–Trinajstić information content (AvgIpc) is 3.50. The predicted molar refractivity (Wildman–Crippen MR) is 118 cm³/mol. The van der Waals surface area contributed by atoms with Crippen LogP contribution >= 0.6 is 11.3 Å². The summed E-state index contributed by atoms with van der Waals surface area (Å²) in [4.78, 5) is 27.6. The fourth-order valence-electron chi connectivity index (χ4n) is 3.33. The molecule has 14 heteroatoms. The third kappa shape index (κ3) is 4.99. The fourth-order valence-corrected chi connectivity index (χ4v) is 4.02. The van der Waals surface area contributed by atoms with Gasteiger partial charge >= 0.3 is 6.18 Å². The summed E-state index contributed by atoms with van der Waals surface area (Å²) in [7, 11) is 0. The van der Waals surface area contributed by atoms with E-state index >= 15 is 0 Å². The Morgan fingerprint density at radius 3 is 2.51 bits per heavy atom. The van der Waals surface area contributed by atoms with Crippen LogP contribution in [0.1, 0.15) is 27.8 Å². The van der Waals surface area contributed by atoms with Crippen molar-refractivity contribution in [1.82, 2.24) is 19.9 Å². The number of non-ortho nitro benzene ring substituents is 1. The first-order chi connectivity index (χ1) is 16.6. The molecular weight excluding hydrogens is 491 g/mol. The molecule has 0 aliphatic carbocycles. The van der Waals surface area contributed by atoms with Gasteiger partial charge in [0.2, 0.25) is 0 Å². The topological polar surface area (TPSA) is 143 Å². The van der Waals surface area contributed by atoms with Gasteiger partial charge in [-0.2, -0.15) is 18.3 Å². The number of aromatic nitrogens is 3. The van der Waals surface area contributed by atoms with Gasteiger partial charge in [-0.25, -0.2) is 9.50 Å². The molecule has 0 fully saturated rings. The number of nitro benzene ring substituents is 1. The number of thiophene rings is 1. The number of nitrogens with one attached hydrogen (secondary N) is 1. The van der Waals surface area contributed by atoms with Gasteiger partial charge in [0.25, 0.3) is 11.6 Å². The van der Waals surface area contributed by atoms with E-state index in [-0.39, 0.29) is 22.6 Å². The van der Waals surface area contributed by atoms with Gasteiger partial charge < -0.3 is 15.5 Å². The van der Waals surface area contributed by atoms with Gasteiger partial charge in [-0.1, -0.05) is 6.07 Å². The van der Waals surface area contributed by atoms with Gasteiger partial charge in [0.1, 0.15) is 6.10 Å². The van der Waals surface area contributed by atoms with Crippen molar-refractivity contribution in [3.05, 3.63) is 81.0 Å². The SMILES string of the molecule is O=C(NC(CO)C(O)c1ccc([N+](=O)[O-])cc1)c1cc2nc(-c3cccs3)cc(C(F)(F)F)n2n1. The Balaban J connectivity index is 1.63. The van der Waals surface area contributed by atoms with Crippen LogP contribution < -0.4 is 5.32 Å². The number of benzene rings is 1. The normalized spacial score (nSPS) is 13.5. The molecule has 4 rings (SSSR count). The molecule has 0 aliphatic heterocycles. The Labute approximate surface area is 198 Å². The minimum Gasteiger partial charge on any atom is -0.394 e. The number of nitrogens with zero attached hydrogens (tertiary/aromatic N) is 4. The van der Waals surface area contributed by atoms with E-state index in [0.29, 0.717) is 9.39 Å². The van der Waals surface area contributed by atoms with Crippen LogP contribution in [0.25, 0.3) is 16.2 Å². The minimum atomic E-state index is -4.79. The van der Waals surface area contributed by atoms with Crippen LogP contribution in [-0.4, -0.2) is 48.3 Å². The van der Waals surface area contributed by atoms with Crippen LogP contribution in [0.15, 0.2) is 53.9 Å². The first-order valence-electron chi connectivity index (χ1n) is 9.94. The lowest BCUT2D eigenvalue weighted by molar-refractivity contribution is -0.384. The lowest BCUT2D eigenvalue weighted by Gasteiger charge is -2.22. The molecule has 10 nitrogen and oxygen atoms in total. The van der Waals surface area contributed by atoms with E-state index in [1.807, 2.05) is 0 Å². The van der Waals surface area contributed by atoms with Crippen molar-refractivity contribution in [3.63, 3.8) is 0 Å². The van der Waals surface area contributed by atoms with E-state index in [1.54, 1.807) is 17.5 Å². The Morgan fingerprint density at radius 2 is 1.94 bits per heavy atom. The number of rotatable bonds is 7. The van der Waals surface area contributed by atoms with E-state index in [2.05, 4.69) is 15.4 Å². The van der Waals surface area contributed by atoms with Gasteiger partial charge in [0, 0.05) is 18.2 Å². The highest BCUT2D eigenvalue weighted by molar-refractivity contribution is 7.13. The number of fused-ring (bicyclic) bond motifs is 1. The van der Waals surface area contributed by atoms with Gasteiger partial charge in [0.15, 0.2) is 17.0 Å². The van der Waals surface area contributed by atoms with Crippen LogP contribution in [0.4, 0.5) is 18.9 Å². The number of amides is 1. The van der Waals surface area contributed by atoms with E-state index in [1.165, 1.54) is 23.5 Å². The molecule has 1 amide bonds. The van der Waals surface area contributed by atoms with E-state index in [4.69, 9.17) is 0 Å². The second-order valence-electron chi connectivity index (χ2n) is 7.36. The molecule has 35 heavy (non-hydrogen) atoms. The molecule has 3 N–H and O–H groups in total. The number of hydrogen-bond donors (Lipinski definition) is 3. The highest BCUT2D eigenvalue weighted by Crippen LogP contribution is 2.33. The summed E-state index contributed by atoms with van der Waals surface area (Å²) in [6.45, 7) is -0.730. The zero-order valence-corrected chi connectivity index (χ0v) is 18.3. The number of alkyl halides is 3. The first kappa shape index (κ1) is 24.3. The summed E-state index contributed by atoms with van der Waals surface area (Å²) in [5.74, 6) is -0.957. The molecule has 0 radical (unpaired) electrons. The summed E-state index contributed by atoms with van der Waals surface area (Å²) in [5.41, 5.74) is -1.75. The van der Waals surface area contributed by atoms with Crippen LogP contribution in [0.3, 0.4) is 0 Å². The zero-order valence-electron chi connectivity index (χ0n) is 17.5. The molecule has 2 atom stereocenters. The van der Waals surface area contributed by atoms with Crippen molar-refractivity contribution in [2.75, 3.05) is 6.61 Å². The average molecular weight is 507 g/mol. The summed E-state index contributed by atoms with van der Waals surface area (Å²) >= 11 is 1.20. The van der Waals surface area contributed by atoms with Crippen molar-refractivity contribution in [2.24, 2.45) is 0 Å². The monoisotopic (exact) mass is 507 g/mol. The third-order valence-electron chi connectivity index (χ3n) is 5.06. The molecule has 3 heterocycles. The van der Waals surface area contributed by atoms with Crippen LogP contribution in [0, 0.1) is 10.1 Å². The summed E-state index contributed by atoms with van der Waals surface area (Å²) in [5, 5.41) is 38.7. The first-order valence-corrected chi connectivity index (χ1v) is 10.8. The molecule has 2 unspecified atom stereocenters. The maximum atomic E-state index is 13.7. The molecule has 0 bridgehead atoms. The van der Waals surface area contributed by atoms with Gasteiger partial charge in [-0.3, -0.25) is 14.9 Å². The molecule has 182 valence electrons. The smallest absolute Gasteiger partial charge is 0.394 e. The lowest BCUT2D eigenvalue weighted by atomic mass is 10.0. The second kappa shape index (κ2) is 9.40. The number of carbonyl (C=O) groups excluding carboxylic acids is 1. The van der Waals surface area contributed by atoms with Crippen molar-refractivity contribution < 1.29 is 33.1 Å². The molecule has 3 aromatic heterocycles. The Morgan fingerprint density at radius 1 is 1.23 bits per heavy atom. The van der Waals surface area contributed by atoms with Gasteiger partial charge in [-0.05, 0) is 35.2 Å². The Kier molecular flexibility index (Phi) is 6.51. The van der Waals surface area contributed by atoms with Crippen molar-refractivity contribution >= 4 is 28.6 Å². The van der Waals surface area contributed by atoms with Gasteiger partial charge in [0.05, 0.1) is 28.1 Å². The third-order valence-corrected chi connectivity index (χ3v) is 5.96. The van der Waals surface area contributed by atoms with Crippen molar-refractivity contribution in [1.29, 1.82) is 0 Å².